The van der Waals surface area contributed by atoms with Gasteiger partial charge in [-0.15, -0.1) is 0 Å². The predicted octanol–water partition coefficient (Wildman–Crippen LogP) is 3.36. The van der Waals surface area contributed by atoms with Gasteiger partial charge in [-0.25, -0.2) is 0 Å². The van der Waals surface area contributed by atoms with Crippen LogP contribution in [0.1, 0.15) is 24.8 Å². The van der Waals surface area contributed by atoms with Gasteiger partial charge in [0.2, 0.25) is 0 Å². The van der Waals surface area contributed by atoms with E-state index in [0.717, 1.165) is 38.8 Å². The molecule has 0 bridgehead atoms. The molecule has 1 fully saturated rings. The van der Waals surface area contributed by atoms with Gasteiger partial charge in [-0.1, -0.05) is 54.8 Å². The molecule has 1 aliphatic rings. The van der Waals surface area contributed by atoms with Gasteiger partial charge in [0, 0.05) is 23.9 Å². The van der Waals surface area contributed by atoms with Crippen molar-refractivity contribution in [1.29, 1.82) is 0 Å². The summed E-state index contributed by atoms with van der Waals surface area (Å²) in [5.41, 5.74) is 1.37. The van der Waals surface area contributed by atoms with Crippen LogP contribution in [0.25, 0.3) is 0 Å². The molecule has 0 aliphatic carbocycles. The van der Waals surface area contributed by atoms with Gasteiger partial charge in [0.25, 0.3) is 0 Å². The Hall–Kier alpha value is -0.640. The van der Waals surface area contributed by atoms with Crippen molar-refractivity contribution in [2.24, 2.45) is 5.92 Å². The molecule has 1 heterocycles. The molecule has 3 heteroatoms. The van der Waals surface area contributed by atoms with Gasteiger partial charge < -0.3 is 5.32 Å². The van der Waals surface area contributed by atoms with Crippen LogP contribution in [0.2, 0.25) is 0 Å². The summed E-state index contributed by atoms with van der Waals surface area (Å²) in [6.45, 7) is 1.96. The molecule has 1 nitrogen and oxygen atoms in total. The van der Waals surface area contributed by atoms with E-state index in [-0.39, 0.29) is 0 Å². The zero-order valence-corrected chi connectivity index (χ0v) is 12.2. The highest BCUT2D eigenvalue weighted by Crippen LogP contribution is 2.15. The molecule has 1 saturated heterocycles. The number of benzene rings is 1. The topological polar surface area (TPSA) is 12.0 Å². The standard InChI is InChI=1S/C15H19NS2/c17-14(8-6-12-4-2-1-3-5-12)9-7-13-10-16-11-15(13)18/h1-5,13,16H,6-11H2. The first-order valence-corrected chi connectivity index (χ1v) is 7.36. The summed E-state index contributed by atoms with van der Waals surface area (Å²) >= 11 is 10.8. The van der Waals surface area contributed by atoms with E-state index in [9.17, 15) is 0 Å². The van der Waals surface area contributed by atoms with Crippen LogP contribution in [0.15, 0.2) is 30.3 Å². The molecule has 96 valence electrons. The summed E-state index contributed by atoms with van der Waals surface area (Å²) in [4.78, 5) is 2.37. The molecule has 0 spiro atoms. The predicted molar refractivity (Wildman–Crippen MR) is 85.6 cm³/mol. The first-order valence-electron chi connectivity index (χ1n) is 6.55. The van der Waals surface area contributed by atoms with E-state index in [1.807, 2.05) is 0 Å². The molecule has 0 saturated carbocycles. The van der Waals surface area contributed by atoms with Crippen molar-refractivity contribution in [2.45, 2.75) is 25.7 Å². The number of nitrogens with one attached hydrogen (secondary N) is 1. The quantitative estimate of drug-likeness (QED) is 0.801. The van der Waals surface area contributed by atoms with E-state index in [2.05, 4.69) is 35.6 Å². The van der Waals surface area contributed by atoms with Crippen LogP contribution in [0.4, 0.5) is 0 Å². The monoisotopic (exact) mass is 277 g/mol. The lowest BCUT2D eigenvalue weighted by Crippen LogP contribution is -2.11. The minimum atomic E-state index is 0.565. The summed E-state index contributed by atoms with van der Waals surface area (Å²) in [5, 5.41) is 3.32. The second-order valence-corrected chi connectivity index (χ2v) is 5.96. The van der Waals surface area contributed by atoms with Gasteiger partial charge >= 0.3 is 0 Å². The summed E-state index contributed by atoms with van der Waals surface area (Å²) in [6.07, 6.45) is 4.24. The molecule has 1 N–H and O–H groups in total. The number of hydrogen-bond donors (Lipinski definition) is 1. The summed E-state index contributed by atoms with van der Waals surface area (Å²) in [6, 6.07) is 10.6. The minimum absolute atomic E-state index is 0.565. The summed E-state index contributed by atoms with van der Waals surface area (Å²) in [7, 11) is 0. The Kier molecular flexibility index (Phi) is 5.42. The van der Waals surface area contributed by atoms with E-state index >= 15 is 0 Å². The van der Waals surface area contributed by atoms with Crippen LogP contribution in [-0.2, 0) is 6.42 Å². The van der Waals surface area contributed by atoms with Crippen molar-refractivity contribution in [2.75, 3.05) is 13.1 Å². The first kappa shape index (κ1) is 13.8. The molecule has 18 heavy (non-hydrogen) atoms. The normalized spacial score (nSPS) is 19.1. The van der Waals surface area contributed by atoms with E-state index in [1.54, 1.807) is 0 Å². The SMILES string of the molecule is S=C(CCc1ccccc1)CCC1CNCC1=S. The minimum Gasteiger partial charge on any atom is -0.312 e. The lowest BCUT2D eigenvalue weighted by Gasteiger charge is -2.09. The molecule has 1 unspecified atom stereocenters. The summed E-state index contributed by atoms with van der Waals surface area (Å²) in [5.74, 6) is 0.565. The van der Waals surface area contributed by atoms with Gasteiger partial charge in [0.15, 0.2) is 0 Å². The second-order valence-electron chi connectivity index (χ2n) is 4.86. The average Bonchev–Trinajstić information content (AvgIpc) is 2.81. The molecule has 1 atom stereocenters. The van der Waals surface area contributed by atoms with Gasteiger partial charge in [0.1, 0.15) is 0 Å². The van der Waals surface area contributed by atoms with Gasteiger partial charge in [0.05, 0.1) is 0 Å². The first-order chi connectivity index (χ1) is 8.75. The number of thiocarbonyl (C=S) groups is 2. The van der Waals surface area contributed by atoms with Gasteiger partial charge in [-0.05, 0) is 36.1 Å². The van der Waals surface area contributed by atoms with Crippen LogP contribution >= 0.6 is 24.4 Å². The zero-order chi connectivity index (χ0) is 12.8. The third-order valence-corrected chi connectivity index (χ3v) is 4.34. The molecular weight excluding hydrogens is 258 g/mol. The molecular formula is C15H19NS2. The number of aryl methyl sites for hydroxylation is 1. The molecule has 0 radical (unpaired) electrons. The number of hydrogen-bond acceptors (Lipinski definition) is 3. The highest BCUT2D eigenvalue weighted by Gasteiger charge is 2.20. The smallest absolute Gasteiger partial charge is 0.0272 e. The van der Waals surface area contributed by atoms with Crippen molar-refractivity contribution < 1.29 is 0 Å². The van der Waals surface area contributed by atoms with Crippen molar-refractivity contribution in [3.8, 4) is 0 Å². The lowest BCUT2D eigenvalue weighted by molar-refractivity contribution is 0.645. The Bertz CT molecular complexity index is 414. The highest BCUT2D eigenvalue weighted by atomic mass is 32.1. The molecule has 1 aromatic carbocycles. The van der Waals surface area contributed by atoms with E-state index in [4.69, 9.17) is 24.4 Å². The van der Waals surface area contributed by atoms with Crippen molar-refractivity contribution >= 4 is 34.2 Å². The number of rotatable bonds is 6. The van der Waals surface area contributed by atoms with Crippen LogP contribution in [-0.4, -0.2) is 22.8 Å². The maximum atomic E-state index is 5.46. The highest BCUT2D eigenvalue weighted by molar-refractivity contribution is 7.80. The van der Waals surface area contributed by atoms with Crippen molar-refractivity contribution in [3.63, 3.8) is 0 Å². The maximum Gasteiger partial charge on any atom is 0.0272 e. The Morgan fingerprint density at radius 1 is 1.22 bits per heavy atom. The molecule has 2 rings (SSSR count). The van der Waals surface area contributed by atoms with Crippen LogP contribution in [0.5, 0.6) is 0 Å². The average molecular weight is 277 g/mol. The molecule has 1 aromatic rings. The van der Waals surface area contributed by atoms with E-state index in [0.29, 0.717) is 5.92 Å². The largest absolute Gasteiger partial charge is 0.312 e. The van der Waals surface area contributed by atoms with Crippen LogP contribution in [0, 0.1) is 5.92 Å². The van der Waals surface area contributed by atoms with Gasteiger partial charge in [-0.2, -0.15) is 0 Å². The third kappa shape index (κ3) is 4.23. The third-order valence-electron chi connectivity index (χ3n) is 3.45. The Morgan fingerprint density at radius 3 is 2.67 bits per heavy atom. The van der Waals surface area contributed by atoms with Crippen molar-refractivity contribution in [3.05, 3.63) is 35.9 Å². The fourth-order valence-corrected chi connectivity index (χ4v) is 2.80. The fraction of sp³-hybridized carbons (Fsp3) is 0.467. The lowest BCUT2D eigenvalue weighted by atomic mass is 9.99. The molecule has 1 aliphatic heterocycles. The fourth-order valence-electron chi connectivity index (χ4n) is 2.28. The van der Waals surface area contributed by atoms with Crippen LogP contribution in [0.3, 0.4) is 0 Å². The van der Waals surface area contributed by atoms with Crippen molar-refractivity contribution in [1.82, 2.24) is 5.32 Å². The zero-order valence-electron chi connectivity index (χ0n) is 10.5. The van der Waals surface area contributed by atoms with E-state index in [1.165, 1.54) is 15.3 Å². The maximum absolute atomic E-state index is 5.46. The van der Waals surface area contributed by atoms with Gasteiger partial charge in [-0.3, -0.25) is 0 Å². The molecule has 0 amide bonds. The summed E-state index contributed by atoms with van der Waals surface area (Å²) < 4.78 is 0. The second kappa shape index (κ2) is 7.07. The Morgan fingerprint density at radius 2 is 2.00 bits per heavy atom. The Balaban J connectivity index is 1.68. The van der Waals surface area contributed by atoms with Crippen LogP contribution < -0.4 is 5.32 Å². The molecule has 0 aromatic heterocycles. The van der Waals surface area contributed by atoms with E-state index < -0.39 is 0 Å². The Labute approximate surface area is 120 Å².